The molecule has 1 atom stereocenters. The fraction of sp³-hybridized carbons (Fsp3) is 0.429. The molecule has 1 aliphatic carbocycles. The molecule has 5 nitrogen and oxygen atoms in total. The van der Waals surface area contributed by atoms with E-state index in [0.29, 0.717) is 18.2 Å². The first-order valence-corrected chi connectivity index (χ1v) is 9.54. The van der Waals surface area contributed by atoms with Crippen LogP contribution in [-0.4, -0.2) is 39.7 Å². The van der Waals surface area contributed by atoms with Crippen LogP contribution in [0.15, 0.2) is 36.4 Å². The van der Waals surface area contributed by atoms with Gasteiger partial charge in [-0.3, -0.25) is 9.89 Å². The number of ether oxygens (including phenoxy) is 1. The first-order chi connectivity index (χ1) is 12.7. The first kappa shape index (κ1) is 15.7. The number of likely N-dealkylation sites (tertiary alicyclic amines) is 1. The second-order valence-electron chi connectivity index (χ2n) is 7.67. The third-order valence-electron chi connectivity index (χ3n) is 5.75. The van der Waals surface area contributed by atoms with Gasteiger partial charge < -0.3 is 9.64 Å². The third-order valence-corrected chi connectivity index (χ3v) is 5.75. The number of benzene rings is 1. The van der Waals surface area contributed by atoms with Crippen LogP contribution in [-0.2, 0) is 0 Å². The quantitative estimate of drug-likeness (QED) is 0.898. The number of rotatable bonds is 2. The normalized spacial score (nSPS) is 24.8. The fourth-order valence-corrected chi connectivity index (χ4v) is 4.02. The second-order valence-corrected chi connectivity index (χ2v) is 7.67. The van der Waals surface area contributed by atoms with E-state index >= 15 is 0 Å². The fourth-order valence-electron chi connectivity index (χ4n) is 4.02. The number of fused-ring (bicyclic) bond motifs is 1. The van der Waals surface area contributed by atoms with Gasteiger partial charge in [0.15, 0.2) is 0 Å². The summed E-state index contributed by atoms with van der Waals surface area (Å²) in [6.07, 6.45) is 9.41. The van der Waals surface area contributed by atoms with Crippen molar-refractivity contribution in [1.82, 2.24) is 15.1 Å². The lowest BCUT2D eigenvalue weighted by Crippen LogP contribution is -2.38. The molecule has 2 fully saturated rings. The van der Waals surface area contributed by atoms with Crippen molar-refractivity contribution in [3.05, 3.63) is 53.4 Å². The van der Waals surface area contributed by atoms with Gasteiger partial charge >= 0.3 is 0 Å². The molecule has 1 aromatic carbocycles. The van der Waals surface area contributed by atoms with Crippen LogP contribution in [0.1, 0.15) is 59.8 Å². The molecule has 1 aromatic heterocycles. The minimum absolute atomic E-state index is 0.0328. The molecule has 134 valence electrons. The Morgan fingerprint density at radius 3 is 3.00 bits per heavy atom. The molecular weight excluding hydrogens is 326 g/mol. The van der Waals surface area contributed by atoms with Gasteiger partial charge in [0.25, 0.3) is 5.91 Å². The van der Waals surface area contributed by atoms with Gasteiger partial charge in [-0.1, -0.05) is 24.3 Å². The summed E-state index contributed by atoms with van der Waals surface area (Å²) < 4.78 is 6.37. The lowest BCUT2D eigenvalue weighted by Gasteiger charge is -2.34. The minimum atomic E-state index is -0.297. The molecule has 3 heterocycles. The lowest BCUT2D eigenvalue weighted by atomic mass is 9.91. The molecule has 26 heavy (non-hydrogen) atoms. The van der Waals surface area contributed by atoms with Crippen LogP contribution in [0.3, 0.4) is 0 Å². The van der Waals surface area contributed by atoms with Crippen LogP contribution in [0.5, 0.6) is 5.75 Å². The Balaban J connectivity index is 1.30. The molecule has 0 unspecified atom stereocenters. The van der Waals surface area contributed by atoms with E-state index < -0.39 is 0 Å². The molecule has 1 spiro atoms. The van der Waals surface area contributed by atoms with Crippen molar-refractivity contribution >= 4 is 12.0 Å². The molecular formula is C21H23N3O2. The third kappa shape index (κ3) is 2.81. The van der Waals surface area contributed by atoms with Crippen molar-refractivity contribution in [2.45, 2.75) is 43.6 Å². The Hall–Kier alpha value is -2.56. The number of aromatic amines is 1. The van der Waals surface area contributed by atoms with Crippen LogP contribution in [0.4, 0.5) is 0 Å². The summed E-state index contributed by atoms with van der Waals surface area (Å²) in [5, 5.41) is 7.29. The van der Waals surface area contributed by atoms with Crippen LogP contribution >= 0.6 is 0 Å². The molecule has 1 saturated heterocycles. The summed E-state index contributed by atoms with van der Waals surface area (Å²) in [7, 11) is 0. The zero-order valence-corrected chi connectivity index (χ0v) is 14.8. The van der Waals surface area contributed by atoms with Crippen LogP contribution in [0.2, 0.25) is 0 Å². The summed E-state index contributed by atoms with van der Waals surface area (Å²) in [4.78, 5) is 14.8. The van der Waals surface area contributed by atoms with E-state index in [1.54, 1.807) is 0 Å². The highest BCUT2D eigenvalue weighted by atomic mass is 16.5. The zero-order chi connectivity index (χ0) is 17.6. The number of nitrogens with one attached hydrogen (secondary N) is 1. The maximum Gasteiger partial charge on any atom is 0.274 e. The highest BCUT2D eigenvalue weighted by Crippen LogP contribution is 2.39. The summed E-state index contributed by atoms with van der Waals surface area (Å²) >= 11 is 0. The van der Waals surface area contributed by atoms with Gasteiger partial charge in [-0.15, -0.1) is 0 Å². The number of hydrogen-bond acceptors (Lipinski definition) is 3. The summed E-state index contributed by atoms with van der Waals surface area (Å²) in [6, 6.07) is 10.1. The summed E-state index contributed by atoms with van der Waals surface area (Å²) in [5.41, 5.74) is 2.48. The molecule has 1 saturated carbocycles. The van der Waals surface area contributed by atoms with Crippen molar-refractivity contribution in [2.75, 3.05) is 13.1 Å². The number of H-pyrrole nitrogens is 1. The predicted molar refractivity (Wildman–Crippen MR) is 99.2 cm³/mol. The van der Waals surface area contributed by atoms with Crippen LogP contribution in [0, 0.1) is 0 Å². The van der Waals surface area contributed by atoms with Gasteiger partial charge in [-0.05, 0) is 43.9 Å². The summed E-state index contributed by atoms with van der Waals surface area (Å²) in [6.45, 7) is 1.45. The predicted octanol–water partition coefficient (Wildman–Crippen LogP) is 3.76. The standard InChI is InChI=1S/C21H23N3O2/c25-20(18-14-17(22-23-18)15-6-7-15)24-12-3-9-21(11-13-24)10-8-16-4-1-2-5-19(16)26-21/h1-2,4-5,8,10,14-15H,3,6-7,9,11-13H2,(H,22,23)/t21-/m1/s1. The van der Waals surface area contributed by atoms with Crippen LogP contribution < -0.4 is 4.74 Å². The zero-order valence-electron chi connectivity index (χ0n) is 14.8. The molecule has 2 aromatic rings. The monoisotopic (exact) mass is 349 g/mol. The van der Waals surface area contributed by atoms with Crippen molar-refractivity contribution in [1.29, 1.82) is 0 Å². The highest BCUT2D eigenvalue weighted by molar-refractivity contribution is 5.92. The van der Waals surface area contributed by atoms with Gasteiger partial charge in [0.2, 0.25) is 0 Å². The van der Waals surface area contributed by atoms with E-state index in [0.717, 1.165) is 42.8 Å². The summed E-state index contributed by atoms with van der Waals surface area (Å²) in [5.74, 6) is 1.55. The number of hydrogen-bond donors (Lipinski definition) is 1. The molecule has 1 amide bonds. The van der Waals surface area contributed by atoms with E-state index in [1.807, 2.05) is 29.2 Å². The Kier molecular flexibility index (Phi) is 3.62. The molecule has 0 bridgehead atoms. The lowest BCUT2D eigenvalue weighted by molar-refractivity contribution is 0.0725. The number of amides is 1. The average molecular weight is 349 g/mol. The second kappa shape index (κ2) is 6.01. The largest absolute Gasteiger partial charge is 0.483 e. The molecule has 2 aliphatic heterocycles. The smallest absolute Gasteiger partial charge is 0.274 e. The molecule has 3 aliphatic rings. The number of aromatic nitrogens is 2. The van der Waals surface area contributed by atoms with E-state index in [9.17, 15) is 4.79 Å². The number of carbonyl (C=O) groups is 1. The van der Waals surface area contributed by atoms with Crippen molar-refractivity contribution in [3.8, 4) is 5.75 Å². The van der Waals surface area contributed by atoms with E-state index in [2.05, 4.69) is 28.4 Å². The number of carbonyl (C=O) groups excluding carboxylic acids is 1. The average Bonchev–Trinajstić information content (AvgIpc) is 3.44. The van der Waals surface area contributed by atoms with Gasteiger partial charge in [-0.2, -0.15) is 5.10 Å². The van der Waals surface area contributed by atoms with E-state index in [-0.39, 0.29) is 11.5 Å². The first-order valence-electron chi connectivity index (χ1n) is 9.54. The van der Waals surface area contributed by atoms with Crippen molar-refractivity contribution < 1.29 is 9.53 Å². The van der Waals surface area contributed by atoms with Gasteiger partial charge in [0.05, 0.1) is 0 Å². The topological polar surface area (TPSA) is 58.2 Å². The van der Waals surface area contributed by atoms with Crippen LogP contribution in [0.25, 0.3) is 6.08 Å². The van der Waals surface area contributed by atoms with Gasteiger partial charge in [0.1, 0.15) is 17.0 Å². The Morgan fingerprint density at radius 2 is 2.12 bits per heavy atom. The van der Waals surface area contributed by atoms with Gasteiger partial charge in [0, 0.05) is 36.7 Å². The van der Waals surface area contributed by atoms with Crippen molar-refractivity contribution in [2.24, 2.45) is 0 Å². The SMILES string of the molecule is O=C(c1cc(C2CC2)[nH]n1)N1CCC[C@@]2(C=Cc3ccccc3O2)CC1. The maximum absolute atomic E-state index is 12.9. The minimum Gasteiger partial charge on any atom is -0.483 e. The molecule has 5 rings (SSSR count). The molecule has 0 radical (unpaired) electrons. The Bertz CT molecular complexity index is 868. The molecule has 5 heteroatoms. The van der Waals surface area contributed by atoms with Crippen molar-refractivity contribution in [3.63, 3.8) is 0 Å². The highest BCUT2D eigenvalue weighted by Gasteiger charge is 2.36. The Labute approximate surface area is 153 Å². The van der Waals surface area contributed by atoms with E-state index in [4.69, 9.17) is 4.74 Å². The maximum atomic E-state index is 12.9. The van der Waals surface area contributed by atoms with E-state index in [1.165, 1.54) is 12.8 Å². The van der Waals surface area contributed by atoms with Gasteiger partial charge in [-0.25, -0.2) is 0 Å². The number of para-hydroxylation sites is 1. The number of nitrogens with zero attached hydrogens (tertiary/aromatic N) is 2. The molecule has 1 N–H and O–H groups in total. The Morgan fingerprint density at radius 1 is 1.23 bits per heavy atom.